The normalized spacial score (nSPS) is 21.6. The van der Waals surface area contributed by atoms with Crippen molar-refractivity contribution in [3.63, 3.8) is 0 Å². The first-order chi connectivity index (χ1) is 9.80. The summed E-state index contributed by atoms with van der Waals surface area (Å²) >= 11 is 1.76. The van der Waals surface area contributed by atoms with Crippen molar-refractivity contribution in [1.29, 1.82) is 0 Å². The molecule has 1 fully saturated rings. The number of nitrogens with zero attached hydrogens (tertiary/aromatic N) is 1. The fourth-order valence-electron chi connectivity index (χ4n) is 2.10. The molecule has 1 aromatic carbocycles. The molecule has 0 radical (unpaired) electrons. The minimum absolute atomic E-state index is 0.0191. The van der Waals surface area contributed by atoms with Crippen LogP contribution in [0.25, 0.3) is 0 Å². The van der Waals surface area contributed by atoms with Crippen molar-refractivity contribution in [1.82, 2.24) is 0 Å². The van der Waals surface area contributed by atoms with E-state index in [1.807, 2.05) is 18.2 Å². The monoisotopic (exact) mass is 303 g/mol. The second-order valence-electron chi connectivity index (χ2n) is 5.98. The van der Waals surface area contributed by atoms with E-state index in [0.717, 1.165) is 5.04 Å². The minimum atomic E-state index is -0.328. The summed E-state index contributed by atoms with van der Waals surface area (Å²) in [6.45, 7) is 10.0. The van der Waals surface area contributed by atoms with Crippen LogP contribution in [0.2, 0.25) is 0 Å². The van der Waals surface area contributed by atoms with E-state index in [4.69, 9.17) is 9.73 Å². The van der Waals surface area contributed by atoms with E-state index in [2.05, 4.69) is 33.8 Å². The van der Waals surface area contributed by atoms with Gasteiger partial charge in [0.1, 0.15) is 5.69 Å². The van der Waals surface area contributed by atoms with Gasteiger partial charge in [-0.15, -0.1) is 11.8 Å². The Hall–Kier alpha value is -1.55. The summed E-state index contributed by atoms with van der Waals surface area (Å²) in [6, 6.07) is 7.38. The Morgan fingerprint density at radius 3 is 2.52 bits per heavy atom. The molecule has 21 heavy (non-hydrogen) atoms. The van der Waals surface area contributed by atoms with Crippen LogP contribution in [0.3, 0.4) is 0 Å². The number of hydrogen-bond donors (Lipinski definition) is 0. The van der Waals surface area contributed by atoms with Crippen LogP contribution >= 0.6 is 11.8 Å². The molecule has 3 nitrogen and oxygen atoms in total. The van der Waals surface area contributed by atoms with Gasteiger partial charge in [0.05, 0.1) is 5.04 Å². The molecule has 1 aromatic rings. The maximum Gasteiger partial charge on any atom is 0.308 e. The predicted octanol–water partition coefficient (Wildman–Crippen LogP) is 4.75. The number of para-hydroxylation sites is 2. The zero-order chi connectivity index (χ0) is 15.6. The van der Waals surface area contributed by atoms with Crippen LogP contribution in [-0.4, -0.2) is 16.3 Å². The molecule has 1 unspecified atom stereocenters. The Balaban J connectivity index is 2.26. The summed E-state index contributed by atoms with van der Waals surface area (Å²) in [5.74, 6) is 0.185. The lowest BCUT2D eigenvalue weighted by atomic mass is 9.87. The van der Waals surface area contributed by atoms with Crippen molar-refractivity contribution in [3.05, 3.63) is 35.9 Å². The third-order valence-electron chi connectivity index (χ3n) is 3.33. The molecular weight excluding hydrogens is 282 g/mol. The zero-order valence-electron chi connectivity index (χ0n) is 13.1. The van der Waals surface area contributed by atoms with Crippen LogP contribution in [0.15, 0.2) is 40.9 Å². The third-order valence-corrected chi connectivity index (χ3v) is 5.15. The van der Waals surface area contributed by atoms with Gasteiger partial charge in [-0.25, -0.2) is 4.99 Å². The number of allylic oxidation sites excluding steroid dienone is 1. The van der Waals surface area contributed by atoms with E-state index in [1.165, 1.54) is 12.5 Å². The van der Waals surface area contributed by atoms with Gasteiger partial charge >= 0.3 is 5.97 Å². The molecular formula is C17H21NO2S. The summed E-state index contributed by atoms with van der Waals surface area (Å²) in [5, 5.41) is 1.52. The zero-order valence-corrected chi connectivity index (χ0v) is 14.0. The summed E-state index contributed by atoms with van der Waals surface area (Å²) in [6.07, 6.45) is 2.28. The number of esters is 1. The highest BCUT2D eigenvalue weighted by molar-refractivity contribution is 8.16. The van der Waals surface area contributed by atoms with Gasteiger partial charge in [-0.05, 0) is 26.0 Å². The number of carbonyl (C=O) groups excluding carboxylic acids is 1. The third kappa shape index (κ3) is 3.56. The van der Waals surface area contributed by atoms with Crippen molar-refractivity contribution in [2.45, 2.75) is 39.9 Å². The molecule has 0 spiro atoms. The van der Waals surface area contributed by atoms with Crippen molar-refractivity contribution < 1.29 is 9.53 Å². The van der Waals surface area contributed by atoms with Crippen LogP contribution < -0.4 is 4.74 Å². The van der Waals surface area contributed by atoms with Gasteiger partial charge in [-0.1, -0.05) is 37.6 Å². The molecule has 0 bridgehead atoms. The number of benzene rings is 1. The topological polar surface area (TPSA) is 38.7 Å². The highest BCUT2D eigenvalue weighted by Crippen LogP contribution is 2.50. The van der Waals surface area contributed by atoms with Gasteiger partial charge in [0.2, 0.25) is 0 Å². The first-order valence-electron chi connectivity index (χ1n) is 6.99. The molecule has 0 amide bonds. The first kappa shape index (κ1) is 15.8. The van der Waals surface area contributed by atoms with Crippen molar-refractivity contribution in [2.75, 3.05) is 0 Å². The molecule has 1 aliphatic heterocycles. The summed E-state index contributed by atoms with van der Waals surface area (Å²) < 4.78 is 5.21. The molecule has 0 aliphatic carbocycles. The predicted molar refractivity (Wildman–Crippen MR) is 89.4 cm³/mol. The van der Waals surface area contributed by atoms with Crippen molar-refractivity contribution in [3.8, 4) is 5.75 Å². The van der Waals surface area contributed by atoms with E-state index in [0.29, 0.717) is 16.7 Å². The van der Waals surface area contributed by atoms with Crippen molar-refractivity contribution >= 4 is 28.5 Å². The maximum absolute atomic E-state index is 11.2. The molecule has 1 heterocycles. The second-order valence-corrected chi connectivity index (χ2v) is 7.11. The average Bonchev–Trinajstić information content (AvgIpc) is 2.38. The Labute approximate surface area is 130 Å². The molecule has 1 saturated heterocycles. The number of carbonyl (C=O) groups is 1. The number of ether oxygens (including phenoxy) is 1. The van der Waals surface area contributed by atoms with Gasteiger partial charge in [-0.3, -0.25) is 4.79 Å². The Morgan fingerprint density at radius 1 is 1.29 bits per heavy atom. The summed E-state index contributed by atoms with van der Waals surface area (Å²) in [4.78, 5) is 15.9. The van der Waals surface area contributed by atoms with Gasteiger partial charge in [-0.2, -0.15) is 0 Å². The summed E-state index contributed by atoms with van der Waals surface area (Å²) in [5.41, 5.74) is 2.05. The number of thioether (sulfide) groups is 1. The van der Waals surface area contributed by atoms with Crippen LogP contribution in [0.4, 0.5) is 5.69 Å². The fourth-order valence-corrected chi connectivity index (χ4v) is 3.48. The van der Waals surface area contributed by atoms with Gasteiger partial charge in [0.25, 0.3) is 0 Å². The van der Waals surface area contributed by atoms with E-state index in [1.54, 1.807) is 17.8 Å². The fraction of sp³-hybridized carbons (Fsp3) is 0.412. The van der Waals surface area contributed by atoms with Gasteiger partial charge in [0.15, 0.2) is 5.75 Å². The number of hydrogen-bond acceptors (Lipinski definition) is 4. The number of aliphatic imine (C=N–C) groups is 1. The largest absolute Gasteiger partial charge is 0.424 e. The molecule has 4 heteroatoms. The molecule has 2 rings (SSSR count). The highest BCUT2D eigenvalue weighted by Gasteiger charge is 2.45. The second kappa shape index (κ2) is 6.06. The Kier molecular flexibility index (Phi) is 4.57. The van der Waals surface area contributed by atoms with E-state index < -0.39 is 0 Å². The van der Waals surface area contributed by atoms with Crippen LogP contribution in [0.1, 0.15) is 34.6 Å². The highest BCUT2D eigenvalue weighted by atomic mass is 32.2. The molecule has 0 N–H and O–H groups in total. The molecule has 1 aliphatic rings. The smallest absolute Gasteiger partial charge is 0.308 e. The Morgan fingerprint density at radius 2 is 1.95 bits per heavy atom. The van der Waals surface area contributed by atoms with Crippen LogP contribution in [0.5, 0.6) is 5.75 Å². The first-order valence-corrected chi connectivity index (χ1v) is 7.87. The lowest BCUT2D eigenvalue weighted by Crippen LogP contribution is -2.43. The van der Waals surface area contributed by atoms with Crippen LogP contribution in [-0.2, 0) is 4.79 Å². The minimum Gasteiger partial charge on any atom is -0.424 e. The lowest BCUT2D eigenvalue weighted by Gasteiger charge is -2.43. The lowest BCUT2D eigenvalue weighted by molar-refractivity contribution is -0.131. The number of rotatable bonds is 3. The van der Waals surface area contributed by atoms with Crippen LogP contribution in [0, 0.1) is 5.41 Å². The van der Waals surface area contributed by atoms with E-state index >= 15 is 0 Å². The SMILES string of the molecule is CC(=O)Oc1ccccc1N=C1SC(C=C(C)C)C1(C)C. The van der Waals surface area contributed by atoms with Gasteiger partial charge in [0, 0.05) is 17.6 Å². The van der Waals surface area contributed by atoms with E-state index in [-0.39, 0.29) is 11.4 Å². The molecule has 112 valence electrons. The van der Waals surface area contributed by atoms with Gasteiger partial charge < -0.3 is 4.74 Å². The average molecular weight is 303 g/mol. The quantitative estimate of drug-likeness (QED) is 0.459. The van der Waals surface area contributed by atoms with E-state index in [9.17, 15) is 4.79 Å². The molecule has 1 atom stereocenters. The Bertz CT molecular complexity index is 613. The maximum atomic E-state index is 11.2. The molecule has 0 saturated carbocycles. The molecule has 0 aromatic heterocycles. The standard InChI is InChI=1S/C17H21NO2S/c1-11(2)10-15-17(4,5)16(21-15)18-13-8-6-7-9-14(13)20-12(3)19/h6-10,15H,1-5H3. The summed E-state index contributed by atoms with van der Waals surface area (Å²) in [7, 11) is 0. The van der Waals surface area contributed by atoms with Crippen molar-refractivity contribution in [2.24, 2.45) is 10.4 Å².